The third-order valence-electron chi connectivity index (χ3n) is 4.23. The first kappa shape index (κ1) is 13.2. The zero-order valence-corrected chi connectivity index (χ0v) is 11.4. The van der Waals surface area contributed by atoms with Crippen LogP contribution in [-0.4, -0.2) is 28.6 Å². The average molecular weight is 272 g/mol. The molecule has 3 N–H and O–H groups in total. The Balaban J connectivity index is 1.60. The van der Waals surface area contributed by atoms with Crippen molar-refractivity contribution >= 4 is 16.8 Å². The third-order valence-corrected chi connectivity index (χ3v) is 4.23. The summed E-state index contributed by atoms with van der Waals surface area (Å²) in [7, 11) is 0. The van der Waals surface area contributed by atoms with Crippen LogP contribution in [0.5, 0.6) is 0 Å². The quantitative estimate of drug-likeness (QED) is 0.800. The minimum Gasteiger partial charge on any atom is -0.391 e. The summed E-state index contributed by atoms with van der Waals surface area (Å²) in [5, 5.41) is 13.9. The van der Waals surface area contributed by atoms with Crippen molar-refractivity contribution in [2.45, 2.75) is 31.8 Å². The lowest BCUT2D eigenvalue weighted by molar-refractivity contribution is 0.0841. The van der Waals surface area contributed by atoms with Gasteiger partial charge in [-0.05, 0) is 43.0 Å². The largest absolute Gasteiger partial charge is 0.391 e. The predicted molar refractivity (Wildman–Crippen MR) is 78.6 cm³/mol. The van der Waals surface area contributed by atoms with Crippen LogP contribution in [0.15, 0.2) is 30.5 Å². The van der Waals surface area contributed by atoms with E-state index in [1.807, 2.05) is 24.4 Å². The molecule has 4 nitrogen and oxygen atoms in total. The number of carbonyl (C=O) groups is 1. The number of hydrogen-bond acceptors (Lipinski definition) is 2. The zero-order valence-electron chi connectivity index (χ0n) is 11.4. The van der Waals surface area contributed by atoms with Gasteiger partial charge < -0.3 is 15.4 Å². The molecule has 1 amide bonds. The highest BCUT2D eigenvalue weighted by Gasteiger charge is 2.23. The molecule has 1 aliphatic rings. The number of aliphatic hydroxyl groups excluding tert-OH is 1. The molecule has 3 rings (SSSR count). The summed E-state index contributed by atoms with van der Waals surface area (Å²) < 4.78 is 0. The van der Waals surface area contributed by atoms with Gasteiger partial charge in [0.15, 0.2) is 0 Å². The predicted octanol–water partition coefficient (Wildman–Crippen LogP) is 2.45. The summed E-state index contributed by atoms with van der Waals surface area (Å²) in [5.74, 6) is 0.229. The molecule has 0 radical (unpaired) electrons. The summed E-state index contributed by atoms with van der Waals surface area (Å²) in [6.45, 7) is 0.342. The van der Waals surface area contributed by atoms with Crippen LogP contribution in [0.2, 0.25) is 0 Å². The summed E-state index contributed by atoms with van der Waals surface area (Å²) in [5.41, 5.74) is 1.66. The molecule has 1 heterocycles. The van der Waals surface area contributed by atoms with E-state index >= 15 is 0 Å². The first-order valence-corrected chi connectivity index (χ1v) is 7.27. The van der Waals surface area contributed by atoms with Gasteiger partial charge in [-0.1, -0.05) is 12.8 Å². The van der Waals surface area contributed by atoms with Crippen molar-refractivity contribution in [1.29, 1.82) is 0 Å². The Hall–Kier alpha value is -1.81. The van der Waals surface area contributed by atoms with Gasteiger partial charge >= 0.3 is 0 Å². The van der Waals surface area contributed by atoms with Crippen molar-refractivity contribution < 1.29 is 9.90 Å². The first-order valence-electron chi connectivity index (χ1n) is 7.27. The van der Waals surface area contributed by atoms with Crippen LogP contribution in [0, 0.1) is 5.92 Å². The molecule has 0 aliphatic heterocycles. The van der Waals surface area contributed by atoms with Gasteiger partial charge in [0, 0.05) is 29.2 Å². The molecule has 1 aromatic heterocycles. The van der Waals surface area contributed by atoms with E-state index < -0.39 is 6.10 Å². The second kappa shape index (κ2) is 5.67. The van der Waals surface area contributed by atoms with Gasteiger partial charge in [-0.25, -0.2) is 0 Å². The molecule has 0 saturated heterocycles. The van der Waals surface area contributed by atoms with Crippen molar-refractivity contribution in [3.63, 3.8) is 0 Å². The maximum absolute atomic E-state index is 12.1. The molecule has 20 heavy (non-hydrogen) atoms. The number of aliphatic hydroxyl groups is 1. The van der Waals surface area contributed by atoms with E-state index in [0.29, 0.717) is 18.0 Å². The van der Waals surface area contributed by atoms with Gasteiger partial charge in [0.2, 0.25) is 0 Å². The molecule has 1 fully saturated rings. The highest BCUT2D eigenvalue weighted by atomic mass is 16.3. The SMILES string of the molecule is O=C(NCC(O)C1CCCC1)c1ccc2[nH]ccc2c1. The van der Waals surface area contributed by atoms with Crippen LogP contribution in [0.3, 0.4) is 0 Å². The van der Waals surface area contributed by atoms with Crippen LogP contribution < -0.4 is 5.32 Å². The third kappa shape index (κ3) is 2.70. The fraction of sp³-hybridized carbons (Fsp3) is 0.438. The number of fused-ring (bicyclic) bond motifs is 1. The number of rotatable bonds is 4. The van der Waals surface area contributed by atoms with Gasteiger partial charge in [-0.15, -0.1) is 0 Å². The number of nitrogens with one attached hydrogen (secondary N) is 2. The van der Waals surface area contributed by atoms with Gasteiger partial charge in [0.1, 0.15) is 0 Å². The van der Waals surface area contributed by atoms with Crippen LogP contribution in [0.25, 0.3) is 10.9 Å². The molecular formula is C16H20N2O2. The lowest BCUT2D eigenvalue weighted by Gasteiger charge is -2.18. The van der Waals surface area contributed by atoms with Gasteiger partial charge in [0.05, 0.1) is 6.10 Å². The van der Waals surface area contributed by atoms with E-state index in [2.05, 4.69) is 10.3 Å². The molecule has 1 aromatic carbocycles. The monoisotopic (exact) mass is 272 g/mol. The molecule has 106 valence electrons. The standard InChI is InChI=1S/C16H20N2O2/c19-15(11-3-1-2-4-11)10-18-16(20)13-5-6-14-12(9-13)7-8-17-14/h5-9,11,15,17,19H,1-4,10H2,(H,18,20). The van der Waals surface area contributed by atoms with Crippen molar-refractivity contribution in [2.24, 2.45) is 5.92 Å². The average Bonchev–Trinajstić information content (AvgIpc) is 3.13. The number of aromatic amines is 1. The van der Waals surface area contributed by atoms with Gasteiger partial charge in [0.25, 0.3) is 5.91 Å². The Morgan fingerprint density at radius 3 is 2.95 bits per heavy atom. The Morgan fingerprint density at radius 2 is 2.15 bits per heavy atom. The topological polar surface area (TPSA) is 65.1 Å². The van der Waals surface area contributed by atoms with Crippen molar-refractivity contribution in [3.8, 4) is 0 Å². The fourth-order valence-electron chi connectivity index (χ4n) is 3.00. The number of amides is 1. The van der Waals surface area contributed by atoms with Crippen molar-refractivity contribution in [2.75, 3.05) is 6.54 Å². The second-order valence-electron chi connectivity index (χ2n) is 5.60. The van der Waals surface area contributed by atoms with E-state index in [9.17, 15) is 9.90 Å². The molecule has 2 aromatic rings. The lowest BCUT2D eigenvalue weighted by atomic mass is 10.0. The molecule has 0 bridgehead atoms. The number of benzene rings is 1. The van der Waals surface area contributed by atoms with Gasteiger partial charge in [-0.2, -0.15) is 0 Å². The van der Waals surface area contributed by atoms with Crippen LogP contribution >= 0.6 is 0 Å². The normalized spacial score (nSPS) is 17.4. The Bertz CT molecular complexity index is 599. The first-order chi connectivity index (χ1) is 9.74. The number of carbonyl (C=O) groups excluding carboxylic acids is 1. The molecule has 1 aliphatic carbocycles. The molecule has 0 spiro atoms. The summed E-state index contributed by atoms with van der Waals surface area (Å²) in [4.78, 5) is 15.2. The Labute approximate surface area is 118 Å². The highest BCUT2D eigenvalue weighted by Crippen LogP contribution is 2.27. The van der Waals surface area contributed by atoms with Crippen molar-refractivity contribution in [3.05, 3.63) is 36.0 Å². The summed E-state index contributed by atoms with van der Waals surface area (Å²) >= 11 is 0. The minimum atomic E-state index is -0.419. The Kier molecular flexibility index (Phi) is 3.74. The van der Waals surface area contributed by atoms with Crippen molar-refractivity contribution in [1.82, 2.24) is 10.3 Å². The molecule has 4 heteroatoms. The molecule has 1 unspecified atom stereocenters. The number of hydrogen-bond donors (Lipinski definition) is 3. The van der Waals surface area contributed by atoms with Crippen LogP contribution in [-0.2, 0) is 0 Å². The van der Waals surface area contributed by atoms with E-state index in [4.69, 9.17) is 0 Å². The Morgan fingerprint density at radius 1 is 1.35 bits per heavy atom. The van der Waals surface area contributed by atoms with E-state index in [1.165, 1.54) is 12.8 Å². The maximum atomic E-state index is 12.1. The number of aromatic nitrogens is 1. The second-order valence-corrected chi connectivity index (χ2v) is 5.60. The van der Waals surface area contributed by atoms with E-state index in [-0.39, 0.29) is 5.91 Å². The zero-order chi connectivity index (χ0) is 13.9. The molecule has 1 saturated carbocycles. The fourth-order valence-corrected chi connectivity index (χ4v) is 3.00. The summed E-state index contributed by atoms with van der Waals surface area (Å²) in [6, 6.07) is 7.51. The summed E-state index contributed by atoms with van der Waals surface area (Å²) in [6.07, 6.45) is 5.98. The van der Waals surface area contributed by atoms with Gasteiger partial charge in [-0.3, -0.25) is 4.79 Å². The maximum Gasteiger partial charge on any atom is 0.251 e. The molecular weight excluding hydrogens is 252 g/mol. The number of H-pyrrole nitrogens is 1. The molecule has 1 atom stereocenters. The van der Waals surface area contributed by atoms with E-state index in [0.717, 1.165) is 23.7 Å². The van der Waals surface area contributed by atoms with E-state index in [1.54, 1.807) is 6.07 Å². The lowest BCUT2D eigenvalue weighted by Crippen LogP contribution is -2.35. The smallest absolute Gasteiger partial charge is 0.251 e. The van der Waals surface area contributed by atoms with Crippen LogP contribution in [0.1, 0.15) is 36.0 Å². The highest BCUT2D eigenvalue weighted by molar-refractivity contribution is 5.98. The van der Waals surface area contributed by atoms with Crippen LogP contribution in [0.4, 0.5) is 0 Å². The minimum absolute atomic E-state index is 0.120.